The standard InChI is InChI=1S/C11H11N3O/c12-10-6-3-7-11-14(10)13-8-4-1-2-5-9(8)15-11/h1-7,11,13H,12H2. The number of nitrogens with two attached hydrogens (primary N) is 1. The third kappa shape index (κ3) is 1.22. The number of hydrogen-bond donors (Lipinski definition) is 2. The maximum absolute atomic E-state index is 5.84. The van der Waals surface area contributed by atoms with Crippen molar-refractivity contribution in [2.24, 2.45) is 5.73 Å². The van der Waals surface area contributed by atoms with Crippen molar-refractivity contribution in [3.63, 3.8) is 0 Å². The Morgan fingerprint density at radius 2 is 2.20 bits per heavy atom. The highest BCUT2D eigenvalue weighted by Gasteiger charge is 2.26. The molecular weight excluding hydrogens is 190 g/mol. The van der Waals surface area contributed by atoms with Gasteiger partial charge in [-0.2, -0.15) is 0 Å². The monoisotopic (exact) mass is 201 g/mol. The second kappa shape index (κ2) is 2.95. The van der Waals surface area contributed by atoms with Gasteiger partial charge >= 0.3 is 0 Å². The first-order valence-electron chi connectivity index (χ1n) is 4.80. The molecule has 0 saturated carbocycles. The van der Waals surface area contributed by atoms with Gasteiger partial charge in [-0.1, -0.05) is 18.2 Å². The predicted octanol–water partition coefficient (Wildman–Crippen LogP) is 1.40. The summed E-state index contributed by atoms with van der Waals surface area (Å²) in [5.41, 5.74) is 9.98. The first-order valence-corrected chi connectivity index (χ1v) is 4.80. The summed E-state index contributed by atoms with van der Waals surface area (Å²) in [4.78, 5) is 0. The Balaban J connectivity index is 2.01. The molecule has 0 radical (unpaired) electrons. The normalized spacial score (nSPS) is 22.0. The SMILES string of the molecule is NC1=CC=CC2Oc3ccccc3NN12. The molecule has 1 unspecified atom stereocenters. The minimum absolute atomic E-state index is 0.162. The van der Waals surface area contributed by atoms with Crippen LogP contribution in [0.1, 0.15) is 0 Å². The van der Waals surface area contributed by atoms with E-state index in [0.29, 0.717) is 5.82 Å². The molecule has 0 saturated heterocycles. The summed E-state index contributed by atoms with van der Waals surface area (Å²) in [5.74, 6) is 1.50. The Kier molecular flexibility index (Phi) is 1.62. The molecule has 0 bridgehead atoms. The molecule has 2 heterocycles. The number of para-hydroxylation sites is 2. The van der Waals surface area contributed by atoms with Gasteiger partial charge in [-0.05, 0) is 24.3 Å². The number of nitrogens with one attached hydrogen (secondary N) is 1. The van der Waals surface area contributed by atoms with E-state index in [2.05, 4.69) is 5.43 Å². The number of hydrazine groups is 1. The van der Waals surface area contributed by atoms with Gasteiger partial charge in [0.05, 0.1) is 5.69 Å². The van der Waals surface area contributed by atoms with Crippen LogP contribution in [0.3, 0.4) is 0 Å². The van der Waals surface area contributed by atoms with E-state index in [1.807, 2.05) is 42.5 Å². The Morgan fingerprint density at radius 3 is 3.13 bits per heavy atom. The van der Waals surface area contributed by atoms with Crippen molar-refractivity contribution in [1.82, 2.24) is 5.01 Å². The van der Waals surface area contributed by atoms with Crippen LogP contribution < -0.4 is 15.9 Å². The van der Waals surface area contributed by atoms with Crippen LogP contribution in [0.2, 0.25) is 0 Å². The van der Waals surface area contributed by atoms with Crippen LogP contribution in [0.5, 0.6) is 5.75 Å². The van der Waals surface area contributed by atoms with Crippen LogP contribution in [0.4, 0.5) is 5.69 Å². The van der Waals surface area contributed by atoms with Crippen molar-refractivity contribution in [3.8, 4) is 5.75 Å². The Morgan fingerprint density at radius 1 is 1.33 bits per heavy atom. The van der Waals surface area contributed by atoms with Crippen LogP contribution in [-0.4, -0.2) is 11.2 Å². The first kappa shape index (κ1) is 8.23. The van der Waals surface area contributed by atoms with E-state index in [1.165, 1.54) is 0 Å². The Bertz CT molecular complexity index is 453. The molecule has 0 amide bonds. The van der Waals surface area contributed by atoms with Crippen molar-refractivity contribution in [2.45, 2.75) is 6.23 Å². The zero-order chi connectivity index (χ0) is 10.3. The van der Waals surface area contributed by atoms with Crippen LogP contribution in [0, 0.1) is 0 Å². The Hall–Kier alpha value is -2.10. The molecule has 15 heavy (non-hydrogen) atoms. The lowest BCUT2D eigenvalue weighted by molar-refractivity contribution is 0.0938. The quantitative estimate of drug-likeness (QED) is 0.666. The van der Waals surface area contributed by atoms with E-state index in [1.54, 1.807) is 5.01 Å². The van der Waals surface area contributed by atoms with E-state index >= 15 is 0 Å². The molecule has 1 aromatic carbocycles. The third-order valence-corrected chi connectivity index (χ3v) is 2.45. The number of nitrogens with zero attached hydrogens (tertiary/aromatic N) is 1. The van der Waals surface area contributed by atoms with Crippen molar-refractivity contribution < 1.29 is 4.74 Å². The summed E-state index contributed by atoms with van der Waals surface area (Å²) in [6, 6.07) is 7.79. The van der Waals surface area contributed by atoms with Crippen LogP contribution in [-0.2, 0) is 0 Å². The van der Waals surface area contributed by atoms with Crippen LogP contribution in [0.15, 0.2) is 48.3 Å². The van der Waals surface area contributed by atoms with E-state index in [-0.39, 0.29) is 6.23 Å². The molecule has 0 aromatic heterocycles. The number of benzene rings is 1. The third-order valence-electron chi connectivity index (χ3n) is 2.45. The summed E-state index contributed by atoms with van der Waals surface area (Å²) in [6.07, 6.45) is 5.51. The maximum atomic E-state index is 5.84. The first-order chi connectivity index (χ1) is 7.34. The summed E-state index contributed by atoms with van der Waals surface area (Å²) >= 11 is 0. The zero-order valence-electron chi connectivity index (χ0n) is 8.05. The van der Waals surface area contributed by atoms with Gasteiger partial charge in [0.1, 0.15) is 11.6 Å². The smallest absolute Gasteiger partial charge is 0.211 e. The molecule has 3 N–H and O–H groups in total. The number of rotatable bonds is 0. The Labute approximate surface area is 87.6 Å². The van der Waals surface area contributed by atoms with Gasteiger partial charge in [0.25, 0.3) is 0 Å². The fourth-order valence-electron chi connectivity index (χ4n) is 1.70. The topological polar surface area (TPSA) is 50.5 Å². The predicted molar refractivity (Wildman–Crippen MR) is 57.7 cm³/mol. The molecule has 2 aliphatic rings. The molecule has 2 aliphatic heterocycles. The highest BCUT2D eigenvalue weighted by Crippen LogP contribution is 2.32. The number of hydrogen-bond acceptors (Lipinski definition) is 4. The molecule has 3 rings (SSSR count). The van der Waals surface area contributed by atoms with Crippen LogP contribution >= 0.6 is 0 Å². The van der Waals surface area contributed by atoms with Gasteiger partial charge in [-0.25, -0.2) is 5.01 Å². The van der Waals surface area contributed by atoms with Crippen molar-refractivity contribution >= 4 is 5.69 Å². The van der Waals surface area contributed by atoms with Crippen molar-refractivity contribution in [1.29, 1.82) is 0 Å². The molecule has 0 spiro atoms. The molecule has 4 heteroatoms. The highest BCUT2D eigenvalue weighted by atomic mass is 16.5. The van der Waals surface area contributed by atoms with E-state index in [0.717, 1.165) is 11.4 Å². The number of ether oxygens (including phenoxy) is 1. The van der Waals surface area contributed by atoms with Crippen LogP contribution in [0.25, 0.3) is 0 Å². The second-order valence-corrected chi connectivity index (χ2v) is 3.46. The van der Waals surface area contributed by atoms with Gasteiger partial charge in [0.2, 0.25) is 6.23 Å². The fraction of sp³-hybridized carbons (Fsp3) is 0.0909. The molecule has 4 nitrogen and oxygen atoms in total. The van der Waals surface area contributed by atoms with E-state index < -0.39 is 0 Å². The summed E-state index contributed by atoms with van der Waals surface area (Å²) in [5, 5.41) is 1.79. The summed E-state index contributed by atoms with van der Waals surface area (Å²) in [7, 11) is 0. The highest BCUT2D eigenvalue weighted by molar-refractivity contribution is 5.57. The lowest BCUT2D eigenvalue weighted by Crippen LogP contribution is -2.47. The van der Waals surface area contributed by atoms with Gasteiger partial charge in [0, 0.05) is 0 Å². The lowest BCUT2D eigenvalue weighted by Gasteiger charge is -2.38. The zero-order valence-corrected chi connectivity index (χ0v) is 8.05. The van der Waals surface area contributed by atoms with Crippen molar-refractivity contribution in [2.75, 3.05) is 5.43 Å². The van der Waals surface area contributed by atoms with Gasteiger partial charge in [0.15, 0.2) is 0 Å². The minimum Gasteiger partial charge on any atom is -0.463 e. The van der Waals surface area contributed by atoms with Crippen molar-refractivity contribution in [3.05, 3.63) is 48.3 Å². The molecule has 0 fully saturated rings. The lowest BCUT2D eigenvalue weighted by atomic mass is 10.2. The van der Waals surface area contributed by atoms with Gasteiger partial charge in [-0.15, -0.1) is 0 Å². The average Bonchev–Trinajstić information content (AvgIpc) is 2.27. The average molecular weight is 201 g/mol. The number of fused-ring (bicyclic) bond motifs is 2. The summed E-state index contributed by atoms with van der Waals surface area (Å²) in [6.45, 7) is 0. The summed E-state index contributed by atoms with van der Waals surface area (Å²) < 4.78 is 5.76. The van der Waals surface area contributed by atoms with E-state index in [9.17, 15) is 0 Å². The molecule has 76 valence electrons. The molecule has 1 aromatic rings. The fourth-order valence-corrected chi connectivity index (χ4v) is 1.70. The number of anilines is 1. The largest absolute Gasteiger partial charge is 0.463 e. The second-order valence-electron chi connectivity index (χ2n) is 3.46. The maximum Gasteiger partial charge on any atom is 0.211 e. The van der Waals surface area contributed by atoms with Gasteiger partial charge < -0.3 is 10.5 Å². The molecule has 1 atom stereocenters. The molecule has 0 aliphatic carbocycles. The van der Waals surface area contributed by atoms with E-state index in [4.69, 9.17) is 10.5 Å². The van der Waals surface area contributed by atoms with Gasteiger partial charge in [-0.3, -0.25) is 5.43 Å². The minimum atomic E-state index is -0.162. The molecular formula is C11H11N3O. The number of allylic oxidation sites excluding steroid dienone is 2.